The second-order valence-electron chi connectivity index (χ2n) is 4.60. The van der Waals surface area contributed by atoms with E-state index in [0.29, 0.717) is 0 Å². The highest BCUT2D eigenvalue weighted by atomic mass is 15.4. The van der Waals surface area contributed by atoms with Crippen LogP contribution in [0.5, 0.6) is 0 Å². The molecule has 0 bridgehead atoms. The number of amidine groups is 2. The minimum absolute atomic E-state index is 1.24. The lowest BCUT2D eigenvalue weighted by Crippen LogP contribution is -2.55. The molecule has 0 N–H and O–H groups in total. The van der Waals surface area contributed by atoms with Crippen molar-refractivity contribution in [3.05, 3.63) is 0 Å². The predicted molar refractivity (Wildman–Crippen MR) is 53.1 cm³/mol. The summed E-state index contributed by atoms with van der Waals surface area (Å²) in [7, 11) is 0. The van der Waals surface area contributed by atoms with E-state index in [1.54, 1.807) is 11.7 Å². The van der Waals surface area contributed by atoms with Crippen LogP contribution in [0.1, 0.15) is 0 Å². The molecule has 0 aromatic carbocycles. The first kappa shape index (κ1) is 7.26. The molecule has 74 valence electrons. The third-order valence-corrected chi connectivity index (χ3v) is 3.96. The summed E-state index contributed by atoms with van der Waals surface area (Å²) < 4.78 is 5.15. The molecule has 0 amide bonds. The number of rotatable bonds is 0. The zero-order valence-corrected chi connectivity index (χ0v) is 8.45. The van der Waals surface area contributed by atoms with Gasteiger partial charge in [-0.25, -0.2) is 19.0 Å². The fourth-order valence-corrected chi connectivity index (χ4v) is 3.23. The summed E-state index contributed by atoms with van der Waals surface area (Å²) >= 11 is 0. The summed E-state index contributed by atoms with van der Waals surface area (Å²) in [5, 5.41) is 0. The van der Waals surface area contributed by atoms with E-state index in [0.717, 1.165) is 0 Å². The van der Waals surface area contributed by atoms with Crippen LogP contribution in [0.4, 0.5) is 0 Å². The first-order valence-electron chi connectivity index (χ1n) is 5.67. The normalized spacial score (nSPS) is 29.1. The van der Waals surface area contributed by atoms with Crippen LogP contribution in [0.2, 0.25) is 0 Å². The Balaban J connectivity index is 1.94. The van der Waals surface area contributed by atoms with E-state index in [-0.39, 0.29) is 0 Å². The van der Waals surface area contributed by atoms with Crippen LogP contribution in [0.15, 0.2) is 0 Å². The summed E-state index contributed by atoms with van der Waals surface area (Å²) in [5.41, 5.74) is 0. The lowest BCUT2D eigenvalue weighted by Gasteiger charge is -2.23. The number of hydrogen-bond acceptors (Lipinski definition) is 2. The minimum atomic E-state index is 1.24. The molecule has 4 heteroatoms. The summed E-state index contributed by atoms with van der Waals surface area (Å²) in [6.07, 6.45) is 0. The van der Waals surface area contributed by atoms with Crippen molar-refractivity contribution in [2.24, 2.45) is 0 Å². The molecule has 0 fully saturated rings. The molecule has 14 heavy (non-hydrogen) atoms. The Labute approximate surface area is 83.7 Å². The zero-order valence-electron chi connectivity index (χ0n) is 8.45. The van der Waals surface area contributed by atoms with Gasteiger partial charge < -0.3 is 0 Å². The first-order valence-corrected chi connectivity index (χ1v) is 5.67. The van der Waals surface area contributed by atoms with Gasteiger partial charge in [-0.3, -0.25) is 0 Å². The Morgan fingerprint density at radius 2 is 1.00 bits per heavy atom. The van der Waals surface area contributed by atoms with Crippen molar-refractivity contribution in [1.82, 2.24) is 9.80 Å². The van der Waals surface area contributed by atoms with Gasteiger partial charge in [-0.05, 0) is 0 Å². The van der Waals surface area contributed by atoms with Gasteiger partial charge in [-0.1, -0.05) is 0 Å². The van der Waals surface area contributed by atoms with Gasteiger partial charge in [0.05, 0.1) is 0 Å². The van der Waals surface area contributed by atoms with Gasteiger partial charge in [0.1, 0.15) is 52.4 Å². The highest BCUT2D eigenvalue weighted by Gasteiger charge is 2.51. The lowest BCUT2D eigenvalue weighted by atomic mass is 10.3. The van der Waals surface area contributed by atoms with Crippen molar-refractivity contribution >= 4 is 11.7 Å². The number of hydrogen-bond donors (Lipinski definition) is 0. The molecular formula is C10H16N4+2. The molecule has 0 atom stereocenters. The Kier molecular flexibility index (Phi) is 1.19. The molecule has 4 heterocycles. The highest BCUT2D eigenvalue weighted by molar-refractivity contribution is 6.37. The topological polar surface area (TPSA) is 12.5 Å². The third kappa shape index (κ3) is 0.713. The second kappa shape index (κ2) is 2.30. The summed E-state index contributed by atoms with van der Waals surface area (Å²) in [6.45, 7) is 9.96. The van der Waals surface area contributed by atoms with Crippen molar-refractivity contribution in [3.63, 3.8) is 0 Å². The maximum atomic E-state index is 2.57. The average Bonchev–Trinajstić information content (AvgIpc) is 2.77. The van der Waals surface area contributed by atoms with E-state index < -0.39 is 0 Å². The van der Waals surface area contributed by atoms with Crippen LogP contribution in [-0.4, -0.2) is 83.0 Å². The molecule has 0 saturated carbocycles. The monoisotopic (exact) mass is 192 g/mol. The molecule has 0 radical (unpaired) electrons. The van der Waals surface area contributed by atoms with Gasteiger partial charge in [0.15, 0.2) is 0 Å². The summed E-state index contributed by atoms with van der Waals surface area (Å²) in [6, 6.07) is 0. The molecule has 4 nitrogen and oxygen atoms in total. The lowest BCUT2D eigenvalue weighted by molar-refractivity contribution is -0.536. The predicted octanol–water partition coefficient (Wildman–Crippen LogP) is -1.53. The molecule has 4 aliphatic rings. The second-order valence-corrected chi connectivity index (χ2v) is 4.60. The van der Waals surface area contributed by atoms with Crippen LogP contribution in [-0.2, 0) is 0 Å². The molecule has 4 aliphatic heterocycles. The van der Waals surface area contributed by atoms with Crippen molar-refractivity contribution in [3.8, 4) is 0 Å². The van der Waals surface area contributed by atoms with Gasteiger partial charge in [-0.15, -0.1) is 0 Å². The molecule has 0 saturated heterocycles. The maximum Gasteiger partial charge on any atom is 0.363 e. The fourth-order valence-electron chi connectivity index (χ4n) is 3.23. The van der Waals surface area contributed by atoms with Gasteiger partial charge in [-0.2, -0.15) is 0 Å². The van der Waals surface area contributed by atoms with Gasteiger partial charge in [0, 0.05) is 0 Å². The average molecular weight is 192 g/mol. The molecular weight excluding hydrogens is 176 g/mol. The molecule has 0 aromatic rings. The van der Waals surface area contributed by atoms with Gasteiger partial charge in [0.25, 0.3) is 0 Å². The van der Waals surface area contributed by atoms with Gasteiger partial charge >= 0.3 is 11.7 Å². The Bertz CT molecular complexity index is 332. The molecule has 4 rings (SSSR count). The van der Waals surface area contributed by atoms with Crippen LogP contribution in [0.25, 0.3) is 0 Å². The highest BCUT2D eigenvalue weighted by Crippen LogP contribution is 2.17. The standard InChI is InChI=1S/C10H16N4/c1-2-12-7-8-14-4-3-13-6-5-11(1)9(12)10(13)14/h1-8H2/q+2. The van der Waals surface area contributed by atoms with Crippen LogP contribution < -0.4 is 0 Å². The zero-order chi connectivity index (χ0) is 9.12. The minimum Gasteiger partial charge on any atom is -0.247 e. The van der Waals surface area contributed by atoms with E-state index in [9.17, 15) is 0 Å². The summed E-state index contributed by atoms with van der Waals surface area (Å²) in [4.78, 5) is 5.15. The Morgan fingerprint density at radius 1 is 0.643 bits per heavy atom. The molecule has 0 aliphatic carbocycles. The Hall–Kier alpha value is -1.06. The van der Waals surface area contributed by atoms with Crippen molar-refractivity contribution < 1.29 is 9.15 Å². The smallest absolute Gasteiger partial charge is 0.247 e. The quantitative estimate of drug-likeness (QED) is 0.432. The van der Waals surface area contributed by atoms with Crippen LogP contribution in [0.3, 0.4) is 0 Å². The first-order chi connectivity index (χ1) is 6.93. The van der Waals surface area contributed by atoms with E-state index in [1.165, 1.54) is 52.4 Å². The molecule has 0 unspecified atom stereocenters. The van der Waals surface area contributed by atoms with Crippen molar-refractivity contribution in [2.45, 2.75) is 0 Å². The van der Waals surface area contributed by atoms with Crippen molar-refractivity contribution in [2.75, 3.05) is 52.4 Å². The molecule has 0 spiro atoms. The van der Waals surface area contributed by atoms with E-state index in [1.807, 2.05) is 0 Å². The van der Waals surface area contributed by atoms with Crippen LogP contribution in [0, 0.1) is 0 Å². The van der Waals surface area contributed by atoms with E-state index >= 15 is 0 Å². The Morgan fingerprint density at radius 3 is 1.36 bits per heavy atom. The molecule has 0 aromatic heterocycles. The third-order valence-electron chi connectivity index (χ3n) is 3.96. The van der Waals surface area contributed by atoms with E-state index in [2.05, 4.69) is 19.0 Å². The van der Waals surface area contributed by atoms with Gasteiger partial charge in [0.2, 0.25) is 0 Å². The van der Waals surface area contributed by atoms with Crippen LogP contribution >= 0.6 is 0 Å². The largest absolute Gasteiger partial charge is 0.363 e. The van der Waals surface area contributed by atoms with Crippen molar-refractivity contribution in [1.29, 1.82) is 0 Å². The number of nitrogens with zero attached hydrogens (tertiary/aromatic N) is 4. The maximum absolute atomic E-state index is 2.57. The summed E-state index contributed by atoms with van der Waals surface area (Å²) in [5.74, 6) is 3.08. The SMILES string of the molecule is C1C[N+]2=C3C4=[N+](CCN4CC2)CCN13. The van der Waals surface area contributed by atoms with E-state index in [4.69, 9.17) is 0 Å². The fraction of sp³-hybridized carbons (Fsp3) is 0.800.